The van der Waals surface area contributed by atoms with Crippen molar-refractivity contribution in [2.45, 2.75) is 97.6 Å². The number of nitrogens with one attached hydrogen (secondary N) is 2. The monoisotopic (exact) mass is 489 g/mol. The highest BCUT2D eigenvalue weighted by atomic mass is 16.7. The van der Waals surface area contributed by atoms with Crippen LogP contribution in [0.3, 0.4) is 0 Å². The minimum atomic E-state index is -0.686. The second-order valence-electron chi connectivity index (χ2n) is 11.7. The molecule has 11 heteroatoms. The Hall–Kier alpha value is -2.40. The van der Waals surface area contributed by atoms with Crippen molar-refractivity contribution in [2.75, 3.05) is 18.0 Å². The number of alkyl carbamates (subject to hydrolysis) is 1. The molecule has 3 rings (SSSR count). The molecule has 2 aliphatic rings. The molecule has 0 saturated carbocycles. The van der Waals surface area contributed by atoms with Gasteiger partial charge in [0.1, 0.15) is 11.6 Å². The average Bonchev–Trinajstić information content (AvgIpc) is 3.26. The highest BCUT2D eigenvalue weighted by Gasteiger charge is 2.52. The molecule has 1 aromatic heterocycles. The first-order chi connectivity index (χ1) is 16.1. The summed E-state index contributed by atoms with van der Waals surface area (Å²) in [6.07, 6.45) is 3.62. The van der Waals surface area contributed by atoms with Crippen LogP contribution >= 0.6 is 0 Å². The second-order valence-corrected chi connectivity index (χ2v) is 11.7. The molecule has 0 aromatic carbocycles. The minimum absolute atomic E-state index is 0.0736. The number of amides is 2. The van der Waals surface area contributed by atoms with Gasteiger partial charge in [-0.05, 0) is 60.8 Å². The molecule has 2 amide bonds. The maximum absolute atomic E-state index is 12.9. The van der Waals surface area contributed by atoms with Gasteiger partial charge in [0.05, 0.1) is 11.2 Å². The van der Waals surface area contributed by atoms with Crippen LogP contribution in [-0.4, -0.2) is 71.1 Å². The molecule has 10 nitrogen and oxygen atoms in total. The van der Waals surface area contributed by atoms with E-state index in [2.05, 4.69) is 20.6 Å². The summed E-state index contributed by atoms with van der Waals surface area (Å²) >= 11 is 0. The molecule has 2 atom stereocenters. The summed E-state index contributed by atoms with van der Waals surface area (Å²) in [4.78, 5) is 36.2. The van der Waals surface area contributed by atoms with Crippen molar-refractivity contribution < 1.29 is 23.6 Å². The van der Waals surface area contributed by atoms with Gasteiger partial charge in [0.15, 0.2) is 0 Å². The summed E-state index contributed by atoms with van der Waals surface area (Å²) in [5.74, 6) is 0.273. The minimum Gasteiger partial charge on any atom is -0.444 e. The van der Waals surface area contributed by atoms with Gasteiger partial charge in [0.2, 0.25) is 11.9 Å². The number of anilines is 1. The van der Waals surface area contributed by atoms with Gasteiger partial charge in [0, 0.05) is 37.0 Å². The van der Waals surface area contributed by atoms with Crippen molar-refractivity contribution >= 4 is 30.5 Å². The van der Waals surface area contributed by atoms with Gasteiger partial charge in [-0.3, -0.25) is 4.79 Å². The van der Waals surface area contributed by atoms with Crippen molar-refractivity contribution in [2.24, 2.45) is 5.92 Å². The number of aromatic nitrogens is 2. The van der Waals surface area contributed by atoms with E-state index in [0.717, 1.165) is 11.9 Å². The molecule has 0 spiro atoms. The van der Waals surface area contributed by atoms with Gasteiger partial charge in [-0.25, -0.2) is 14.8 Å². The molecular weight excluding hydrogens is 449 g/mol. The third-order valence-electron chi connectivity index (χ3n) is 6.62. The van der Waals surface area contributed by atoms with Crippen molar-refractivity contribution in [1.82, 2.24) is 20.6 Å². The number of ether oxygens (including phenoxy) is 1. The van der Waals surface area contributed by atoms with Gasteiger partial charge in [0.25, 0.3) is 0 Å². The maximum atomic E-state index is 12.9. The molecule has 0 aliphatic carbocycles. The number of carbonyl (C=O) groups excluding carboxylic acids is 2. The number of nitrogens with zero attached hydrogens (tertiary/aromatic N) is 3. The van der Waals surface area contributed by atoms with E-state index in [0.29, 0.717) is 19.0 Å². The predicted molar refractivity (Wildman–Crippen MR) is 135 cm³/mol. The van der Waals surface area contributed by atoms with Crippen LogP contribution in [0.25, 0.3) is 0 Å². The molecule has 0 bridgehead atoms. The van der Waals surface area contributed by atoms with E-state index in [-0.39, 0.29) is 17.9 Å². The molecular formula is C24H40BN5O5. The van der Waals surface area contributed by atoms with Crippen LogP contribution in [0.4, 0.5) is 10.7 Å². The summed E-state index contributed by atoms with van der Waals surface area (Å²) in [6, 6.07) is -0.759. The highest BCUT2D eigenvalue weighted by molar-refractivity contribution is 6.61. The van der Waals surface area contributed by atoms with Crippen molar-refractivity contribution in [3.05, 3.63) is 12.4 Å². The fraction of sp³-hybridized carbons (Fsp3) is 0.750. The van der Waals surface area contributed by atoms with E-state index in [1.165, 1.54) is 0 Å². The Labute approximate surface area is 209 Å². The quantitative estimate of drug-likeness (QED) is 0.584. The van der Waals surface area contributed by atoms with Gasteiger partial charge >= 0.3 is 13.2 Å². The Morgan fingerprint density at radius 3 is 2.23 bits per heavy atom. The summed E-state index contributed by atoms with van der Waals surface area (Å²) in [5, 5.41) is 5.75. The van der Waals surface area contributed by atoms with E-state index >= 15 is 0 Å². The predicted octanol–water partition coefficient (Wildman–Crippen LogP) is 2.02. The van der Waals surface area contributed by atoms with Gasteiger partial charge in [-0.1, -0.05) is 13.8 Å². The molecule has 3 heterocycles. The van der Waals surface area contributed by atoms with Crippen LogP contribution in [0.2, 0.25) is 0 Å². The van der Waals surface area contributed by atoms with E-state index in [1.54, 1.807) is 33.2 Å². The SMILES string of the molecule is CC(C)C(NC(=O)OC(C)(C)C)C(=O)N[C@H]1CCN(c2ncc(B3OC(C)(C)C(C)(C)O3)cn2)C1. The Balaban J connectivity index is 1.56. The van der Waals surface area contributed by atoms with Gasteiger partial charge < -0.3 is 29.6 Å². The van der Waals surface area contributed by atoms with Crippen molar-refractivity contribution in [3.8, 4) is 0 Å². The first kappa shape index (κ1) is 27.2. The molecule has 1 unspecified atom stereocenters. The number of rotatable bonds is 6. The van der Waals surface area contributed by atoms with Crippen molar-refractivity contribution in [1.29, 1.82) is 0 Å². The number of carbonyl (C=O) groups is 2. The first-order valence-corrected chi connectivity index (χ1v) is 12.3. The van der Waals surface area contributed by atoms with E-state index in [9.17, 15) is 9.59 Å². The zero-order chi connectivity index (χ0) is 26.2. The third kappa shape index (κ3) is 6.64. The Morgan fingerprint density at radius 1 is 1.14 bits per heavy atom. The van der Waals surface area contributed by atoms with Crippen LogP contribution in [0.5, 0.6) is 0 Å². The summed E-state index contributed by atoms with van der Waals surface area (Å²) in [7, 11) is -0.509. The number of hydrogen-bond donors (Lipinski definition) is 2. The topological polar surface area (TPSA) is 115 Å². The van der Waals surface area contributed by atoms with Crippen LogP contribution in [0.15, 0.2) is 12.4 Å². The Kier molecular flexibility index (Phi) is 7.71. The van der Waals surface area contributed by atoms with E-state index < -0.39 is 36.1 Å². The molecule has 0 radical (unpaired) electrons. The standard InChI is InChI=1S/C24H40BN5O5/c1-15(2)18(29-21(32)33-22(3,4)5)19(31)28-17-10-11-30(14-17)20-26-12-16(13-27-20)25-34-23(6,7)24(8,9)35-25/h12-13,15,17-18H,10-11,14H2,1-9H3,(H,28,31)(H,29,32)/t17-,18?/m0/s1. The zero-order valence-electron chi connectivity index (χ0n) is 22.5. The van der Waals surface area contributed by atoms with Gasteiger partial charge in [-0.15, -0.1) is 0 Å². The second kappa shape index (κ2) is 9.93. The lowest BCUT2D eigenvalue weighted by Crippen LogP contribution is -2.53. The lowest BCUT2D eigenvalue weighted by molar-refractivity contribution is -0.124. The fourth-order valence-corrected chi connectivity index (χ4v) is 3.92. The van der Waals surface area contributed by atoms with Crippen LogP contribution < -0.4 is 21.0 Å². The smallest absolute Gasteiger partial charge is 0.444 e. The lowest BCUT2D eigenvalue weighted by atomic mass is 9.81. The number of hydrogen-bond acceptors (Lipinski definition) is 8. The fourth-order valence-electron chi connectivity index (χ4n) is 3.92. The van der Waals surface area contributed by atoms with E-state index in [1.807, 2.05) is 46.4 Å². The summed E-state index contributed by atoms with van der Waals surface area (Å²) < 4.78 is 17.4. The van der Waals surface area contributed by atoms with Crippen molar-refractivity contribution in [3.63, 3.8) is 0 Å². The molecule has 2 saturated heterocycles. The molecule has 2 N–H and O–H groups in total. The lowest BCUT2D eigenvalue weighted by Gasteiger charge is -2.32. The molecule has 2 fully saturated rings. The maximum Gasteiger partial charge on any atom is 0.498 e. The average molecular weight is 489 g/mol. The van der Waals surface area contributed by atoms with Crippen LogP contribution in [0, 0.1) is 5.92 Å². The third-order valence-corrected chi connectivity index (χ3v) is 6.62. The summed E-state index contributed by atoms with van der Waals surface area (Å²) in [5.41, 5.74) is -0.720. The first-order valence-electron chi connectivity index (χ1n) is 12.3. The summed E-state index contributed by atoms with van der Waals surface area (Å²) in [6.45, 7) is 18.5. The van der Waals surface area contributed by atoms with Crippen LogP contribution in [-0.2, 0) is 18.8 Å². The molecule has 2 aliphatic heterocycles. The highest BCUT2D eigenvalue weighted by Crippen LogP contribution is 2.36. The van der Waals surface area contributed by atoms with Gasteiger partial charge in [-0.2, -0.15) is 0 Å². The largest absolute Gasteiger partial charge is 0.498 e. The molecule has 1 aromatic rings. The van der Waals surface area contributed by atoms with E-state index in [4.69, 9.17) is 14.0 Å². The van der Waals surface area contributed by atoms with Crippen LogP contribution in [0.1, 0.15) is 68.7 Å². The molecule has 194 valence electrons. The Bertz CT molecular complexity index is 900. The normalized spacial score (nSPS) is 22.3. The zero-order valence-corrected chi connectivity index (χ0v) is 22.5. The Morgan fingerprint density at radius 2 is 1.71 bits per heavy atom. The molecule has 35 heavy (non-hydrogen) atoms.